The molecule has 1 aromatic carbocycles. The van der Waals surface area contributed by atoms with Crippen molar-refractivity contribution in [2.45, 2.75) is 25.8 Å². The maximum absolute atomic E-state index is 12.6. The molecule has 1 aliphatic rings. The molecule has 150 valence electrons. The third-order valence-corrected chi connectivity index (χ3v) is 5.10. The van der Waals surface area contributed by atoms with Crippen molar-refractivity contribution in [3.63, 3.8) is 0 Å². The van der Waals surface area contributed by atoms with Crippen molar-refractivity contribution in [3.05, 3.63) is 41.7 Å². The molecule has 1 amide bonds. The van der Waals surface area contributed by atoms with Crippen LogP contribution < -0.4 is 16.4 Å². The summed E-state index contributed by atoms with van der Waals surface area (Å²) >= 11 is 0. The molecule has 0 aliphatic carbocycles. The molecule has 3 aromatic rings. The smallest absolute Gasteiger partial charge is 0.253 e. The van der Waals surface area contributed by atoms with Gasteiger partial charge in [-0.05, 0) is 43.5 Å². The monoisotopic (exact) mass is 392 g/mol. The molecule has 1 aliphatic heterocycles. The maximum atomic E-state index is 12.6. The Labute approximate surface area is 168 Å². The molecule has 0 unspecified atom stereocenters. The van der Waals surface area contributed by atoms with Crippen LogP contribution in [0.1, 0.15) is 35.3 Å². The number of fused-ring (bicyclic) bond motifs is 1. The van der Waals surface area contributed by atoms with E-state index in [0.717, 1.165) is 42.9 Å². The van der Waals surface area contributed by atoms with Crippen LogP contribution in [0.15, 0.2) is 30.5 Å². The first-order chi connectivity index (χ1) is 14.0. The van der Waals surface area contributed by atoms with E-state index in [1.807, 2.05) is 41.1 Å². The fourth-order valence-electron chi connectivity index (χ4n) is 3.53. The Hall–Kier alpha value is -3.49. The molecule has 1 saturated heterocycles. The Kier molecular flexibility index (Phi) is 5.11. The quantitative estimate of drug-likeness (QED) is 0.688. The lowest BCUT2D eigenvalue weighted by molar-refractivity contribution is 0.0724. The number of aromatic nitrogens is 4. The minimum absolute atomic E-state index is 0.0772. The number of rotatable bonds is 4. The second-order valence-electron chi connectivity index (χ2n) is 7.26. The molecule has 0 radical (unpaired) electrons. The lowest BCUT2D eigenvalue weighted by Crippen LogP contribution is -2.35. The first-order valence-electron chi connectivity index (χ1n) is 9.66. The summed E-state index contributed by atoms with van der Waals surface area (Å²) in [4.78, 5) is 33.4. The topological polar surface area (TPSA) is 127 Å². The van der Waals surface area contributed by atoms with Gasteiger partial charge in [-0.25, -0.2) is 9.97 Å². The van der Waals surface area contributed by atoms with Crippen LogP contribution >= 0.6 is 0 Å². The van der Waals surface area contributed by atoms with E-state index in [4.69, 9.17) is 11.5 Å². The maximum Gasteiger partial charge on any atom is 0.253 e. The number of nitrogen functional groups attached to an aromatic ring is 2. The van der Waals surface area contributed by atoms with Gasteiger partial charge in [0.2, 0.25) is 5.95 Å². The number of piperidine rings is 1. The summed E-state index contributed by atoms with van der Waals surface area (Å²) in [6.07, 6.45) is 5.03. The molecule has 4 rings (SSSR count). The Morgan fingerprint density at radius 1 is 1.07 bits per heavy atom. The van der Waals surface area contributed by atoms with Crippen LogP contribution in [0.4, 0.5) is 17.5 Å². The highest BCUT2D eigenvalue weighted by Crippen LogP contribution is 2.20. The number of carbonyl (C=O) groups excluding carboxylic acids is 1. The van der Waals surface area contributed by atoms with Crippen molar-refractivity contribution >= 4 is 34.5 Å². The first-order valence-corrected chi connectivity index (χ1v) is 9.66. The van der Waals surface area contributed by atoms with E-state index in [0.29, 0.717) is 17.7 Å². The summed E-state index contributed by atoms with van der Waals surface area (Å²) in [5.74, 6) is 0.396. The SMILES string of the molecule is CN(Cc1cnc2nc(N)nc(N)c2n1)c1ccc(C(=O)N2CCCCC2)cc1. The molecule has 2 aromatic heterocycles. The highest BCUT2D eigenvalue weighted by atomic mass is 16.2. The second kappa shape index (κ2) is 7.86. The van der Waals surface area contributed by atoms with E-state index in [-0.39, 0.29) is 17.7 Å². The van der Waals surface area contributed by atoms with Crippen LogP contribution in [-0.4, -0.2) is 50.9 Å². The number of likely N-dealkylation sites (tertiary alicyclic amines) is 1. The van der Waals surface area contributed by atoms with Crippen molar-refractivity contribution in [2.24, 2.45) is 0 Å². The van der Waals surface area contributed by atoms with E-state index in [9.17, 15) is 4.79 Å². The summed E-state index contributed by atoms with van der Waals surface area (Å²) in [7, 11) is 1.95. The first kappa shape index (κ1) is 18.9. The Morgan fingerprint density at radius 2 is 1.79 bits per heavy atom. The summed E-state index contributed by atoms with van der Waals surface area (Å²) in [6, 6.07) is 7.65. The number of carbonyl (C=O) groups is 1. The Morgan fingerprint density at radius 3 is 2.52 bits per heavy atom. The number of nitrogens with two attached hydrogens (primary N) is 2. The lowest BCUT2D eigenvalue weighted by Gasteiger charge is -2.27. The highest BCUT2D eigenvalue weighted by molar-refractivity contribution is 5.94. The van der Waals surface area contributed by atoms with Crippen molar-refractivity contribution in [3.8, 4) is 0 Å². The molecule has 4 N–H and O–H groups in total. The molecule has 1 fully saturated rings. The van der Waals surface area contributed by atoms with Crippen molar-refractivity contribution in [1.29, 1.82) is 0 Å². The van der Waals surface area contributed by atoms with Crippen LogP contribution in [0.2, 0.25) is 0 Å². The number of hydrogen-bond acceptors (Lipinski definition) is 8. The van der Waals surface area contributed by atoms with Crippen LogP contribution in [0.5, 0.6) is 0 Å². The van der Waals surface area contributed by atoms with E-state index in [1.165, 1.54) is 6.42 Å². The third-order valence-electron chi connectivity index (χ3n) is 5.10. The van der Waals surface area contributed by atoms with E-state index >= 15 is 0 Å². The zero-order chi connectivity index (χ0) is 20.4. The molecule has 0 bridgehead atoms. The van der Waals surface area contributed by atoms with Crippen LogP contribution in [-0.2, 0) is 6.54 Å². The molecular formula is C20H24N8O. The summed E-state index contributed by atoms with van der Waals surface area (Å²) in [5.41, 5.74) is 14.7. The Bertz CT molecular complexity index is 1030. The third kappa shape index (κ3) is 4.03. The van der Waals surface area contributed by atoms with Gasteiger partial charge < -0.3 is 21.3 Å². The fraction of sp³-hybridized carbons (Fsp3) is 0.350. The summed E-state index contributed by atoms with van der Waals surface area (Å²) in [6.45, 7) is 2.21. The van der Waals surface area contributed by atoms with Crippen LogP contribution in [0.3, 0.4) is 0 Å². The van der Waals surface area contributed by atoms with Crippen molar-refractivity contribution in [2.75, 3.05) is 36.5 Å². The Balaban J connectivity index is 1.47. The number of amides is 1. The predicted molar refractivity (Wildman–Crippen MR) is 112 cm³/mol. The minimum atomic E-state index is 0.0772. The molecular weight excluding hydrogens is 368 g/mol. The predicted octanol–water partition coefficient (Wildman–Crippen LogP) is 1.85. The normalized spacial score (nSPS) is 14.2. The van der Waals surface area contributed by atoms with E-state index in [2.05, 4.69) is 19.9 Å². The number of benzene rings is 1. The van der Waals surface area contributed by atoms with Gasteiger partial charge in [0, 0.05) is 31.4 Å². The van der Waals surface area contributed by atoms with E-state index in [1.54, 1.807) is 6.20 Å². The van der Waals surface area contributed by atoms with Gasteiger partial charge in [-0.3, -0.25) is 4.79 Å². The number of hydrogen-bond donors (Lipinski definition) is 2. The lowest BCUT2D eigenvalue weighted by atomic mass is 10.1. The van der Waals surface area contributed by atoms with Gasteiger partial charge in [0.15, 0.2) is 17.0 Å². The van der Waals surface area contributed by atoms with E-state index < -0.39 is 0 Å². The largest absolute Gasteiger partial charge is 0.382 e. The molecule has 9 nitrogen and oxygen atoms in total. The number of nitrogens with zero attached hydrogens (tertiary/aromatic N) is 6. The molecule has 0 atom stereocenters. The van der Waals surface area contributed by atoms with Gasteiger partial charge in [0.05, 0.1) is 18.4 Å². The van der Waals surface area contributed by atoms with Crippen LogP contribution in [0, 0.1) is 0 Å². The molecule has 3 heterocycles. The molecule has 0 saturated carbocycles. The summed E-state index contributed by atoms with van der Waals surface area (Å²) < 4.78 is 0. The van der Waals surface area contributed by atoms with Crippen molar-refractivity contribution in [1.82, 2.24) is 24.8 Å². The molecule has 9 heteroatoms. The van der Waals surface area contributed by atoms with Crippen LogP contribution in [0.25, 0.3) is 11.2 Å². The molecule has 29 heavy (non-hydrogen) atoms. The average molecular weight is 392 g/mol. The second-order valence-corrected chi connectivity index (χ2v) is 7.26. The van der Waals surface area contributed by atoms with Crippen molar-refractivity contribution < 1.29 is 4.79 Å². The van der Waals surface area contributed by atoms with Gasteiger partial charge >= 0.3 is 0 Å². The van der Waals surface area contributed by atoms with Gasteiger partial charge in [0.25, 0.3) is 5.91 Å². The zero-order valence-corrected chi connectivity index (χ0v) is 16.4. The van der Waals surface area contributed by atoms with Gasteiger partial charge in [-0.2, -0.15) is 9.97 Å². The molecule has 0 spiro atoms. The standard InChI is InChI=1S/C20H24N8O/c1-27(12-14-11-23-18-16(24-14)17(21)25-20(22)26-18)15-7-5-13(6-8-15)19(29)28-9-3-2-4-10-28/h5-8,11H,2-4,9-10,12H2,1H3,(H4,21,22,23,25,26). The van der Waals surface area contributed by atoms with Gasteiger partial charge in [0.1, 0.15) is 0 Å². The highest BCUT2D eigenvalue weighted by Gasteiger charge is 2.18. The number of anilines is 3. The summed E-state index contributed by atoms with van der Waals surface area (Å²) in [5, 5.41) is 0. The minimum Gasteiger partial charge on any atom is -0.382 e. The fourth-order valence-corrected chi connectivity index (χ4v) is 3.53. The van der Waals surface area contributed by atoms with Gasteiger partial charge in [-0.15, -0.1) is 0 Å². The average Bonchev–Trinajstić information content (AvgIpc) is 2.74. The zero-order valence-electron chi connectivity index (χ0n) is 16.4. The van der Waals surface area contributed by atoms with Gasteiger partial charge in [-0.1, -0.05) is 0 Å².